The van der Waals surface area contributed by atoms with Crippen molar-refractivity contribution in [1.29, 1.82) is 0 Å². The van der Waals surface area contributed by atoms with Gasteiger partial charge in [0.2, 0.25) is 0 Å². The van der Waals surface area contributed by atoms with Gasteiger partial charge in [0, 0.05) is 38.1 Å². The molecular formula is C17H19N7O3. The van der Waals surface area contributed by atoms with E-state index in [0.717, 1.165) is 0 Å². The highest BCUT2D eigenvalue weighted by atomic mass is 16.5. The molecule has 0 atom stereocenters. The van der Waals surface area contributed by atoms with Crippen LogP contribution < -0.4 is 5.32 Å². The Hall–Kier alpha value is -3.27. The highest BCUT2D eigenvalue weighted by molar-refractivity contribution is 6.07. The summed E-state index contributed by atoms with van der Waals surface area (Å²) < 4.78 is 8.40. The van der Waals surface area contributed by atoms with Crippen LogP contribution in [0.15, 0.2) is 30.7 Å². The predicted octanol–water partition coefficient (Wildman–Crippen LogP) is 0.670. The van der Waals surface area contributed by atoms with Crippen molar-refractivity contribution in [3.8, 4) is 0 Å². The summed E-state index contributed by atoms with van der Waals surface area (Å²) in [6.45, 7) is 4.43. The molecule has 1 N–H and O–H groups in total. The second kappa shape index (κ2) is 7.16. The van der Waals surface area contributed by atoms with Gasteiger partial charge in [-0.05, 0) is 13.0 Å². The molecule has 1 fully saturated rings. The number of aryl methyl sites for hydroxylation is 1. The molecule has 140 valence electrons. The van der Waals surface area contributed by atoms with Crippen LogP contribution in [0, 0.1) is 0 Å². The van der Waals surface area contributed by atoms with Gasteiger partial charge in [-0.15, -0.1) is 0 Å². The molecular weight excluding hydrogens is 350 g/mol. The summed E-state index contributed by atoms with van der Waals surface area (Å²) >= 11 is 0. The van der Waals surface area contributed by atoms with E-state index in [4.69, 9.17) is 4.74 Å². The van der Waals surface area contributed by atoms with Crippen LogP contribution in [0.4, 0.5) is 5.69 Å². The van der Waals surface area contributed by atoms with E-state index in [1.165, 1.54) is 10.7 Å². The standard InChI is InChI=1S/C17H19N7O3/c1-2-23-15(17(26)22-6-8-27-9-7-22)13(11-19-23)20-16(25)12-10-14-18-4-3-5-24(14)21-12/h3-5,10-11H,2,6-9H2,1H3,(H,20,25). The van der Waals surface area contributed by atoms with E-state index in [9.17, 15) is 9.59 Å². The molecule has 3 aromatic rings. The van der Waals surface area contributed by atoms with E-state index in [-0.39, 0.29) is 11.6 Å². The summed E-state index contributed by atoms with van der Waals surface area (Å²) in [6.07, 6.45) is 4.83. The predicted molar refractivity (Wildman–Crippen MR) is 95.6 cm³/mol. The molecule has 4 rings (SSSR count). The fraction of sp³-hybridized carbons (Fsp3) is 0.353. The molecule has 3 aromatic heterocycles. The van der Waals surface area contributed by atoms with Crippen molar-refractivity contribution >= 4 is 23.1 Å². The lowest BCUT2D eigenvalue weighted by molar-refractivity contribution is 0.0295. The molecule has 1 aliphatic rings. The van der Waals surface area contributed by atoms with Crippen molar-refractivity contribution in [2.45, 2.75) is 13.5 Å². The zero-order chi connectivity index (χ0) is 18.8. The van der Waals surface area contributed by atoms with Gasteiger partial charge >= 0.3 is 0 Å². The van der Waals surface area contributed by atoms with E-state index >= 15 is 0 Å². The number of aromatic nitrogens is 5. The molecule has 0 radical (unpaired) electrons. The van der Waals surface area contributed by atoms with Gasteiger partial charge in [0.15, 0.2) is 11.3 Å². The third-order valence-electron chi connectivity index (χ3n) is 4.36. The first kappa shape index (κ1) is 17.2. The first-order valence-corrected chi connectivity index (χ1v) is 8.72. The smallest absolute Gasteiger partial charge is 0.276 e. The minimum Gasteiger partial charge on any atom is -0.378 e. The second-order valence-corrected chi connectivity index (χ2v) is 6.03. The van der Waals surface area contributed by atoms with Gasteiger partial charge < -0.3 is 15.0 Å². The Morgan fingerprint density at radius 2 is 2.11 bits per heavy atom. The Labute approximate surface area is 154 Å². The summed E-state index contributed by atoms with van der Waals surface area (Å²) in [6, 6.07) is 3.31. The first-order chi connectivity index (χ1) is 13.2. The zero-order valence-corrected chi connectivity index (χ0v) is 14.8. The lowest BCUT2D eigenvalue weighted by Gasteiger charge is -2.27. The molecule has 10 nitrogen and oxygen atoms in total. The molecule has 0 aromatic carbocycles. The Kier molecular flexibility index (Phi) is 4.55. The molecule has 0 unspecified atom stereocenters. The summed E-state index contributed by atoms with van der Waals surface area (Å²) in [7, 11) is 0. The number of carbonyl (C=O) groups excluding carboxylic acids is 2. The summed E-state index contributed by atoms with van der Waals surface area (Å²) in [5.74, 6) is -0.600. The van der Waals surface area contributed by atoms with Crippen LogP contribution in [-0.4, -0.2) is 67.4 Å². The third-order valence-corrected chi connectivity index (χ3v) is 4.36. The topological polar surface area (TPSA) is 107 Å². The maximum absolute atomic E-state index is 12.9. The number of amides is 2. The fourth-order valence-corrected chi connectivity index (χ4v) is 2.99. The number of ether oxygens (including phenoxy) is 1. The van der Waals surface area contributed by atoms with E-state index in [2.05, 4.69) is 20.5 Å². The number of hydrogen-bond acceptors (Lipinski definition) is 6. The molecule has 0 spiro atoms. The van der Waals surface area contributed by atoms with Crippen LogP contribution >= 0.6 is 0 Å². The summed E-state index contributed by atoms with van der Waals surface area (Å²) in [5, 5.41) is 11.2. The quantitative estimate of drug-likeness (QED) is 0.724. The second-order valence-electron chi connectivity index (χ2n) is 6.03. The van der Waals surface area contributed by atoms with Crippen LogP contribution in [0.25, 0.3) is 5.65 Å². The minimum absolute atomic E-state index is 0.176. The van der Waals surface area contributed by atoms with Gasteiger partial charge in [0.05, 0.1) is 25.1 Å². The number of carbonyl (C=O) groups is 2. The number of nitrogens with zero attached hydrogens (tertiary/aromatic N) is 6. The molecule has 10 heteroatoms. The lowest BCUT2D eigenvalue weighted by Crippen LogP contribution is -2.41. The lowest BCUT2D eigenvalue weighted by atomic mass is 10.2. The first-order valence-electron chi connectivity index (χ1n) is 8.72. The molecule has 2 amide bonds. The van der Waals surface area contributed by atoms with Crippen LogP contribution in [0.5, 0.6) is 0 Å². The van der Waals surface area contributed by atoms with Crippen molar-refractivity contribution in [1.82, 2.24) is 29.3 Å². The van der Waals surface area contributed by atoms with Crippen LogP contribution in [0.1, 0.15) is 27.9 Å². The summed E-state index contributed by atoms with van der Waals surface area (Å²) in [4.78, 5) is 31.4. The molecule has 27 heavy (non-hydrogen) atoms. The van der Waals surface area contributed by atoms with Gasteiger partial charge in [-0.3, -0.25) is 14.3 Å². The van der Waals surface area contributed by atoms with Crippen molar-refractivity contribution in [3.63, 3.8) is 0 Å². The Morgan fingerprint density at radius 1 is 1.30 bits per heavy atom. The SMILES string of the molecule is CCn1ncc(NC(=O)c2cc3ncccn3n2)c1C(=O)N1CCOCC1. The molecule has 0 saturated carbocycles. The van der Waals surface area contributed by atoms with Gasteiger partial charge in [-0.2, -0.15) is 10.2 Å². The van der Waals surface area contributed by atoms with Gasteiger partial charge in [-0.25, -0.2) is 9.50 Å². The van der Waals surface area contributed by atoms with E-state index < -0.39 is 5.91 Å². The Balaban J connectivity index is 1.60. The normalized spacial score (nSPS) is 14.5. The number of rotatable bonds is 4. The zero-order valence-electron chi connectivity index (χ0n) is 14.8. The van der Waals surface area contributed by atoms with E-state index in [1.807, 2.05) is 6.92 Å². The Morgan fingerprint density at radius 3 is 2.85 bits per heavy atom. The van der Waals surface area contributed by atoms with Crippen molar-refractivity contribution in [2.24, 2.45) is 0 Å². The van der Waals surface area contributed by atoms with Crippen molar-refractivity contribution in [2.75, 3.05) is 31.6 Å². The average molecular weight is 369 g/mol. The molecule has 0 aliphatic carbocycles. The number of fused-ring (bicyclic) bond motifs is 1. The van der Waals surface area contributed by atoms with E-state index in [1.54, 1.807) is 34.1 Å². The number of hydrogen-bond donors (Lipinski definition) is 1. The molecule has 4 heterocycles. The molecule has 0 bridgehead atoms. The fourth-order valence-electron chi connectivity index (χ4n) is 2.99. The maximum atomic E-state index is 12.9. The highest BCUT2D eigenvalue weighted by Gasteiger charge is 2.26. The van der Waals surface area contributed by atoms with Crippen LogP contribution in [0.3, 0.4) is 0 Å². The molecule has 1 aliphatic heterocycles. The number of nitrogens with one attached hydrogen (secondary N) is 1. The largest absolute Gasteiger partial charge is 0.378 e. The monoisotopic (exact) mass is 369 g/mol. The third kappa shape index (κ3) is 3.26. The van der Waals surface area contributed by atoms with Crippen LogP contribution in [-0.2, 0) is 11.3 Å². The number of anilines is 1. The Bertz CT molecular complexity index is 954. The maximum Gasteiger partial charge on any atom is 0.276 e. The van der Waals surface area contributed by atoms with Gasteiger partial charge in [0.1, 0.15) is 5.69 Å². The van der Waals surface area contributed by atoms with Crippen molar-refractivity contribution in [3.05, 3.63) is 42.1 Å². The number of morpholine rings is 1. The minimum atomic E-state index is -0.424. The van der Waals surface area contributed by atoms with E-state index in [0.29, 0.717) is 49.9 Å². The van der Waals surface area contributed by atoms with Crippen LogP contribution in [0.2, 0.25) is 0 Å². The average Bonchev–Trinajstić information content (AvgIpc) is 3.32. The summed E-state index contributed by atoms with van der Waals surface area (Å²) in [5.41, 5.74) is 1.50. The van der Waals surface area contributed by atoms with Crippen molar-refractivity contribution < 1.29 is 14.3 Å². The van der Waals surface area contributed by atoms with Gasteiger partial charge in [-0.1, -0.05) is 0 Å². The van der Waals surface area contributed by atoms with Gasteiger partial charge in [0.25, 0.3) is 11.8 Å². The molecule has 1 saturated heterocycles. The highest BCUT2D eigenvalue weighted by Crippen LogP contribution is 2.19.